The molecular formula is C16H18O3. The maximum absolute atomic E-state index is 11.6. The lowest BCUT2D eigenvalue weighted by Gasteiger charge is -2.26. The molecule has 2 rings (SSSR count). The van der Waals surface area contributed by atoms with E-state index >= 15 is 0 Å². The van der Waals surface area contributed by atoms with Gasteiger partial charge < -0.3 is 9.84 Å². The van der Waals surface area contributed by atoms with Crippen LogP contribution in [-0.2, 0) is 4.74 Å². The van der Waals surface area contributed by atoms with Gasteiger partial charge in [-0.1, -0.05) is 30.4 Å². The minimum absolute atomic E-state index is 0.402. The Labute approximate surface area is 113 Å². The minimum Gasteiger partial charge on any atom is -0.465 e. The first kappa shape index (κ1) is 13.6. The molecule has 1 aliphatic rings. The quantitative estimate of drug-likeness (QED) is 0.622. The first-order valence-corrected chi connectivity index (χ1v) is 6.57. The van der Waals surface area contributed by atoms with Crippen molar-refractivity contribution in [2.45, 2.75) is 37.7 Å². The topological polar surface area (TPSA) is 46.5 Å². The van der Waals surface area contributed by atoms with Crippen LogP contribution in [0.15, 0.2) is 24.3 Å². The van der Waals surface area contributed by atoms with Crippen molar-refractivity contribution in [1.82, 2.24) is 0 Å². The lowest BCUT2D eigenvalue weighted by molar-refractivity contribution is 0.0594. The largest absolute Gasteiger partial charge is 0.465 e. The summed E-state index contributed by atoms with van der Waals surface area (Å²) in [5.74, 6) is 5.47. The molecular weight excluding hydrogens is 240 g/mol. The van der Waals surface area contributed by atoms with E-state index in [1.54, 1.807) is 18.2 Å². The number of ether oxygens (including phenoxy) is 1. The summed E-state index contributed by atoms with van der Waals surface area (Å²) in [6.07, 6.45) is 4.58. The van der Waals surface area contributed by atoms with Crippen molar-refractivity contribution in [1.29, 1.82) is 0 Å². The molecule has 1 aromatic rings. The van der Waals surface area contributed by atoms with Gasteiger partial charge in [-0.25, -0.2) is 4.79 Å². The number of benzene rings is 1. The van der Waals surface area contributed by atoms with Gasteiger partial charge in [-0.2, -0.15) is 0 Å². The van der Waals surface area contributed by atoms with Gasteiger partial charge in [-0.05, 0) is 37.8 Å². The summed E-state index contributed by atoms with van der Waals surface area (Å²) < 4.78 is 4.72. The Morgan fingerprint density at radius 2 is 1.95 bits per heavy atom. The van der Waals surface area contributed by atoms with E-state index in [4.69, 9.17) is 4.74 Å². The third-order valence-electron chi connectivity index (χ3n) is 3.44. The number of esters is 1. The molecule has 0 atom stereocenters. The van der Waals surface area contributed by atoms with Gasteiger partial charge in [0.15, 0.2) is 0 Å². The third-order valence-corrected chi connectivity index (χ3v) is 3.44. The number of hydrogen-bond donors (Lipinski definition) is 1. The summed E-state index contributed by atoms with van der Waals surface area (Å²) in [6.45, 7) is 0. The highest BCUT2D eigenvalue weighted by molar-refractivity contribution is 5.92. The second-order valence-corrected chi connectivity index (χ2v) is 4.88. The lowest BCUT2D eigenvalue weighted by atomic mass is 9.85. The molecule has 1 fully saturated rings. The van der Waals surface area contributed by atoms with Crippen LogP contribution in [0.5, 0.6) is 0 Å². The number of rotatable bonds is 1. The highest BCUT2D eigenvalue weighted by atomic mass is 16.5. The van der Waals surface area contributed by atoms with E-state index in [2.05, 4.69) is 11.8 Å². The smallest absolute Gasteiger partial charge is 0.339 e. The molecule has 0 heterocycles. The summed E-state index contributed by atoms with van der Waals surface area (Å²) in [5.41, 5.74) is 0.145. The van der Waals surface area contributed by atoms with Gasteiger partial charge in [0.05, 0.1) is 12.7 Å². The van der Waals surface area contributed by atoms with Crippen molar-refractivity contribution >= 4 is 5.97 Å². The molecule has 0 aliphatic heterocycles. The zero-order valence-electron chi connectivity index (χ0n) is 11.1. The summed E-state index contributed by atoms with van der Waals surface area (Å²) in [6, 6.07) is 7.04. The molecule has 0 spiro atoms. The van der Waals surface area contributed by atoms with Gasteiger partial charge in [0, 0.05) is 5.56 Å². The molecule has 1 N–H and O–H groups in total. The average Bonchev–Trinajstić information content (AvgIpc) is 2.45. The fraction of sp³-hybridized carbons (Fsp3) is 0.438. The fourth-order valence-corrected chi connectivity index (χ4v) is 2.33. The standard InChI is InChI=1S/C16H18O3/c1-19-15(17)14-8-4-3-7-13(14)9-12-16(18)10-5-2-6-11-16/h3-4,7-8,18H,2,5-6,10-11H2,1H3. The van der Waals surface area contributed by atoms with Crippen LogP contribution in [0.2, 0.25) is 0 Å². The number of carbonyl (C=O) groups is 1. The van der Waals surface area contributed by atoms with Gasteiger partial charge >= 0.3 is 5.97 Å². The predicted molar refractivity (Wildman–Crippen MR) is 72.7 cm³/mol. The van der Waals surface area contributed by atoms with Crippen molar-refractivity contribution in [3.63, 3.8) is 0 Å². The molecule has 1 saturated carbocycles. The first-order chi connectivity index (χ1) is 9.14. The van der Waals surface area contributed by atoms with Gasteiger partial charge in [0.2, 0.25) is 0 Å². The maximum atomic E-state index is 11.6. The van der Waals surface area contributed by atoms with Crippen LogP contribution in [0.3, 0.4) is 0 Å². The Hall–Kier alpha value is -1.79. The molecule has 0 bridgehead atoms. The van der Waals surface area contributed by atoms with Crippen LogP contribution in [0, 0.1) is 11.8 Å². The zero-order chi connectivity index (χ0) is 13.7. The van der Waals surface area contributed by atoms with Gasteiger partial charge in [-0.15, -0.1) is 0 Å². The van der Waals surface area contributed by atoms with E-state index in [9.17, 15) is 9.90 Å². The van der Waals surface area contributed by atoms with Crippen LogP contribution in [-0.4, -0.2) is 23.8 Å². The van der Waals surface area contributed by atoms with E-state index in [0.717, 1.165) is 19.3 Å². The second-order valence-electron chi connectivity index (χ2n) is 4.88. The van der Waals surface area contributed by atoms with E-state index in [1.165, 1.54) is 7.11 Å². The highest BCUT2D eigenvalue weighted by Gasteiger charge is 2.26. The van der Waals surface area contributed by atoms with Crippen molar-refractivity contribution < 1.29 is 14.6 Å². The first-order valence-electron chi connectivity index (χ1n) is 6.57. The average molecular weight is 258 g/mol. The molecule has 3 heteroatoms. The Balaban J connectivity index is 2.26. The van der Waals surface area contributed by atoms with Crippen LogP contribution in [0.1, 0.15) is 48.0 Å². The molecule has 3 nitrogen and oxygen atoms in total. The Bertz CT molecular complexity index is 516. The summed E-state index contributed by atoms with van der Waals surface area (Å²) >= 11 is 0. The van der Waals surface area contributed by atoms with Gasteiger partial charge in [-0.3, -0.25) is 0 Å². The maximum Gasteiger partial charge on any atom is 0.339 e. The summed E-state index contributed by atoms with van der Waals surface area (Å²) in [7, 11) is 1.35. The fourth-order valence-electron chi connectivity index (χ4n) is 2.33. The normalized spacial score (nSPS) is 17.2. The Morgan fingerprint density at radius 3 is 2.63 bits per heavy atom. The Morgan fingerprint density at radius 1 is 1.26 bits per heavy atom. The number of methoxy groups -OCH3 is 1. The van der Waals surface area contributed by atoms with Crippen LogP contribution in [0.25, 0.3) is 0 Å². The van der Waals surface area contributed by atoms with E-state index < -0.39 is 11.6 Å². The van der Waals surface area contributed by atoms with Crippen LogP contribution < -0.4 is 0 Å². The SMILES string of the molecule is COC(=O)c1ccccc1C#CC1(O)CCCCC1. The number of hydrogen-bond acceptors (Lipinski definition) is 3. The van der Waals surface area contributed by atoms with Crippen molar-refractivity contribution in [3.05, 3.63) is 35.4 Å². The van der Waals surface area contributed by atoms with Crippen LogP contribution in [0.4, 0.5) is 0 Å². The molecule has 0 radical (unpaired) electrons. The van der Waals surface area contributed by atoms with Crippen LogP contribution >= 0.6 is 0 Å². The van der Waals surface area contributed by atoms with Crippen molar-refractivity contribution in [3.8, 4) is 11.8 Å². The van der Waals surface area contributed by atoms with Gasteiger partial charge in [0.25, 0.3) is 0 Å². The third kappa shape index (κ3) is 3.36. The molecule has 19 heavy (non-hydrogen) atoms. The van der Waals surface area contributed by atoms with E-state index in [-0.39, 0.29) is 0 Å². The van der Waals surface area contributed by atoms with Crippen molar-refractivity contribution in [2.24, 2.45) is 0 Å². The molecule has 0 amide bonds. The molecule has 1 aromatic carbocycles. The monoisotopic (exact) mass is 258 g/mol. The predicted octanol–water partition coefficient (Wildman–Crippen LogP) is 2.52. The number of aliphatic hydroxyl groups is 1. The van der Waals surface area contributed by atoms with Gasteiger partial charge in [0.1, 0.15) is 5.60 Å². The van der Waals surface area contributed by atoms with E-state index in [1.807, 2.05) is 6.07 Å². The Kier molecular flexibility index (Phi) is 4.24. The lowest BCUT2D eigenvalue weighted by Crippen LogP contribution is -2.29. The summed E-state index contributed by atoms with van der Waals surface area (Å²) in [5, 5.41) is 10.3. The minimum atomic E-state index is -0.901. The molecule has 100 valence electrons. The van der Waals surface area contributed by atoms with E-state index in [0.29, 0.717) is 24.0 Å². The second kappa shape index (κ2) is 5.90. The highest BCUT2D eigenvalue weighted by Crippen LogP contribution is 2.27. The molecule has 0 unspecified atom stereocenters. The molecule has 1 aliphatic carbocycles. The number of carbonyl (C=O) groups excluding carboxylic acids is 1. The summed E-state index contributed by atoms with van der Waals surface area (Å²) in [4.78, 5) is 11.6. The van der Waals surface area contributed by atoms with Crippen molar-refractivity contribution in [2.75, 3.05) is 7.11 Å². The molecule has 0 aromatic heterocycles. The zero-order valence-corrected chi connectivity index (χ0v) is 11.1. The molecule has 0 saturated heterocycles.